The van der Waals surface area contributed by atoms with E-state index in [1.165, 1.54) is 12.1 Å². The molecule has 2 aromatic rings. The van der Waals surface area contributed by atoms with Crippen LogP contribution in [0.1, 0.15) is 22.0 Å². The summed E-state index contributed by atoms with van der Waals surface area (Å²) in [6.07, 6.45) is -0.802. The molecular formula is C15H16N2O3. The van der Waals surface area contributed by atoms with Crippen LogP contribution in [-0.4, -0.2) is 22.7 Å². The highest BCUT2D eigenvalue weighted by Crippen LogP contribution is 2.24. The van der Waals surface area contributed by atoms with Gasteiger partial charge in [0.2, 0.25) is 0 Å². The lowest BCUT2D eigenvalue weighted by atomic mass is 10.1. The van der Waals surface area contributed by atoms with Crippen molar-refractivity contribution in [1.82, 2.24) is 5.32 Å². The van der Waals surface area contributed by atoms with E-state index >= 15 is 0 Å². The van der Waals surface area contributed by atoms with Crippen molar-refractivity contribution in [2.24, 2.45) is 0 Å². The van der Waals surface area contributed by atoms with Gasteiger partial charge in [0, 0.05) is 6.54 Å². The number of anilines is 1. The summed E-state index contributed by atoms with van der Waals surface area (Å²) in [5.41, 5.74) is 6.47. The molecule has 0 fully saturated rings. The van der Waals surface area contributed by atoms with Crippen molar-refractivity contribution in [3.8, 4) is 5.75 Å². The summed E-state index contributed by atoms with van der Waals surface area (Å²) < 4.78 is 0. The zero-order valence-corrected chi connectivity index (χ0v) is 10.8. The number of amides is 1. The van der Waals surface area contributed by atoms with Gasteiger partial charge in [-0.15, -0.1) is 0 Å². The topological polar surface area (TPSA) is 95.6 Å². The number of para-hydroxylation sites is 1. The zero-order valence-electron chi connectivity index (χ0n) is 10.8. The fourth-order valence-corrected chi connectivity index (χ4v) is 1.82. The van der Waals surface area contributed by atoms with E-state index in [4.69, 9.17) is 5.73 Å². The molecule has 0 aliphatic rings. The number of hydrogen-bond donors (Lipinski definition) is 4. The van der Waals surface area contributed by atoms with Gasteiger partial charge in [0.1, 0.15) is 0 Å². The number of benzene rings is 2. The van der Waals surface area contributed by atoms with Crippen LogP contribution in [0.4, 0.5) is 5.69 Å². The molecule has 0 aliphatic heterocycles. The van der Waals surface area contributed by atoms with Crippen LogP contribution in [0.15, 0.2) is 48.5 Å². The molecule has 1 amide bonds. The Morgan fingerprint density at radius 3 is 2.55 bits per heavy atom. The fourth-order valence-electron chi connectivity index (χ4n) is 1.82. The minimum absolute atomic E-state index is 0.0527. The second kappa shape index (κ2) is 6.08. The highest BCUT2D eigenvalue weighted by molar-refractivity contribution is 5.98. The largest absolute Gasteiger partial charge is 0.505 e. The van der Waals surface area contributed by atoms with Gasteiger partial charge in [-0.05, 0) is 17.7 Å². The second-order valence-electron chi connectivity index (χ2n) is 4.38. The van der Waals surface area contributed by atoms with Crippen molar-refractivity contribution in [3.05, 3.63) is 59.7 Å². The summed E-state index contributed by atoms with van der Waals surface area (Å²) in [5, 5.41) is 22.2. The molecule has 2 rings (SSSR count). The lowest BCUT2D eigenvalue weighted by Gasteiger charge is -2.13. The Bertz CT molecular complexity index is 599. The first-order chi connectivity index (χ1) is 9.59. The van der Waals surface area contributed by atoms with Crippen molar-refractivity contribution in [3.63, 3.8) is 0 Å². The number of phenols is 1. The SMILES string of the molecule is Nc1cccc(C(=O)NCC(O)c2ccccc2)c1O. The van der Waals surface area contributed by atoms with E-state index in [1.54, 1.807) is 18.2 Å². The molecule has 1 unspecified atom stereocenters. The molecule has 0 aromatic heterocycles. The van der Waals surface area contributed by atoms with Gasteiger partial charge in [-0.25, -0.2) is 0 Å². The van der Waals surface area contributed by atoms with E-state index in [9.17, 15) is 15.0 Å². The Morgan fingerprint density at radius 2 is 1.85 bits per heavy atom. The van der Waals surface area contributed by atoms with E-state index in [0.29, 0.717) is 5.56 Å². The number of hydrogen-bond acceptors (Lipinski definition) is 4. The molecule has 0 saturated heterocycles. The number of rotatable bonds is 4. The lowest BCUT2D eigenvalue weighted by Crippen LogP contribution is -2.28. The van der Waals surface area contributed by atoms with Crippen molar-refractivity contribution in [2.75, 3.05) is 12.3 Å². The molecule has 1 atom stereocenters. The summed E-state index contributed by atoms with van der Waals surface area (Å²) in [6, 6.07) is 13.6. The molecular weight excluding hydrogens is 256 g/mol. The molecule has 2 aromatic carbocycles. The van der Waals surface area contributed by atoms with Crippen molar-refractivity contribution in [2.45, 2.75) is 6.10 Å². The molecule has 104 valence electrons. The number of nitrogens with one attached hydrogen (secondary N) is 1. The molecule has 5 N–H and O–H groups in total. The molecule has 5 nitrogen and oxygen atoms in total. The quantitative estimate of drug-likeness (QED) is 0.500. The molecule has 0 saturated carbocycles. The summed E-state index contributed by atoms with van der Waals surface area (Å²) in [6.45, 7) is 0.0527. The standard InChI is InChI=1S/C15H16N2O3/c16-12-8-4-7-11(14(12)19)15(20)17-9-13(18)10-5-2-1-3-6-10/h1-8,13,18-19H,9,16H2,(H,17,20). The minimum Gasteiger partial charge on any atom is -0.505 e. The van der Waals surface area contributed by atoms with Crippen LogP contribution in [0.5, 0.6) is 5.75 Å². The number of carbonyl (C=O) groups is 1. The van der Waals surface area contributed by atoms with Gasteiger partial charge in [0.05, 0.1) is 17.4 Å². The van der Waals surface area contributed by atoms with Crippen LogP contribution in [0.2, 0.25) is 0 Å². The van der Waals surface area contributed by atoms with Crippen LogP contribution in [0.25, 0.3) is 0 Å². The Hall–Kier alpha value is -2.53. The fraction of sp³-hybridized carbons (Fsp3) is 0.133. The maximum Gasteiger partial charge on any atom is 0.255 e. The van der Waals surface area contributed by atoms with Gasteiger partial charge < -0.3 is 21.3 Å². The summed E-state index contributed by atoms with van der Waals surface area (Å²) in [4.78, 5) is 11.9. The highest BCUT2D eigenvalue weighted by Gasteiger charge is 2.14. The summed E-state index contributed by atoms with van der Waals surface area (Å²) >= 11 is 0. The Labute approximate surface area is 116 Å². The average Bonchev–Trinajstić information content (AvgIpc) is 2.48. The van der Waals surface area contributed by atoms with Crippen LogP contribution in [0.3, 0.4) is 0 Å². The van der Waals surface area contributed by atoms with E-state index in [0.717, 1.165) is 0 Å². The molecule has 0 heterocycles. The van der Waals surface area contributed by atoms with E-state index in [2.05, 4.69) is 5.32 Å². The summed E-state index contributed by atoms with van der Waals surface area (Å²) in [5.74, 6) is -0.732. The Kier molecular flexibility index (Phi) is 4.22. The van der Waals surface area contributed by atoms with Crippen LogP contribution in [-0.2, 0) is 0 Å². The third-order valence-electron chi connectivity index (χ3n) is 2.95. The maximum absolute atomic E-state index is 11.9. The Balaban J connectivity index is 2.01. The van der Waals surface area contributed by atoms with Gasteiger partial charge in [0.25, 0.3) is 5.91 Å². The predicted molar refractivity (Wildman–Crippen MR) is 76.3 cm³/mol. The van der Waals surface area contributed by atoms with E-state index in [1.807, 2.05) is 18.2 Å². The normalized spacial score (nSPS) is 11.8. The van der Waals surface area contributed by atoms with Crippen molar-refractivity contribution in [1.29, 1.82) is 0 Å². The first-order valence-electron chi connectivity index (χ1n) is 6.18. The van der Waals surface area contributed by atoms with E-state index < -0.39 is 12.0 Å². The number of aromatic hydroxyl groups is 1. The first kappa shape index (κ1) is 13.9. The van der Waals surface area contributed by atoms with Crippen LogP contribution < -0.4 is 11.1 Å². The van der Waals surface area contributed by atoms with Gasteiger partial charge in [-0.3, -0.25) is 4.79 Å². The van der Waals surface area contributed by atoms with Gasteiger partial charge in [0.15, 0.2) is 5.75 Å². The summed E-state index contributed by atoms with van der Waals surface area (Å²) in [7, 11) is 0. The monoisotopic (exact) mass is 272 g/mol. The molecule has 0 bridgehead atoms. The number of phenolic OH excluding ortho intramolecular Hbond substituents is 1. The van der Waals surface area contributed by atoms with Gasteiger partial charge in [-0.2, -0.15) is 0 Å². The lowest BCUT2D eigenvalue weighted by molar-refractivity contribution is 0.0913. The number of aliphatic hydroxyl groups is 1. The van der Waals surface area contributed by atoms with E-state index in [-0.39, 0.29) is 23.5 Å². The number of aliphatic hydroxyl groups excluding tert-OH is 1. The van der Waals surface area contributed by atoms with Crippen LogP contribution >= 0.6 is 0 Å². The smallest absolute Gasteiger partial charge is 0.255 e. The van der Waals surface area contributed by atoms with Crippen molar-refractivity contribution >= 4 is 11.6 Å². The Morgan fingerprint density at radius 1 is 1.15 bits per heavy atom. The third kappa shape index (κ3) is 3.07. The second-order valence-corrected chi connectivity index (χ2v) is 4.38. The van der Waals surface area contributed by atoms with Gasteiger partial charge in [-0.1, -0.05) is 36.4 Å². The zero-order chi connectivity index (χ0) is 14.5. The first-order valence-corrected chi connectivity index (χ1v) is 6.18. The number of carbonyl (C=O) groups excluding carboxylic acids is 1. The maximum atomic E-state index is 11.9. The number of nitrogen functional groups attached to an aromatic ring is 1. The molecule has 0 radical (unpaired) electrons. The van der Waals surface area contributed by atoms with Gasteiger partial charge >= 0.3 is 0 Å². The molecule has 20 heavy (non-hydrogen) atoms. The van der Waals surface area contributed by atoms with Crippen molar-refractivity contribution < 1.29 is 15.0 Å². The highest BCUT2D eigenvalue weighted by atomic mass is 16.3. The molecule has 5 heteroatoms. The third-order valence-corrected chi connectivity index (χ3v) is 2.95. The van der Waals surface area contributed by atoms with Crippen LogP contribution in [0, 0.1) is 0 Å². The average molecular weight is 272 g/mol. The minimum atomic E-state index is -0.802. The number of nitrogens with two attached hydrogens (primary N) is 1. The molecule has 0 aliphatic carbocycles. The predicted octanol–water partition coefficient (Wildman–Crippen LogP) is 1.44. The molecule has 0 spiro atoms.